The zero-order valence-electron chi connectivity index (χ0n) is 14.1. The van der Waals surface area contributed by atoms with Gasteiger partial charge in [0.1, 0.15) is 0 Å². The molecule has 1 aromatic heterocycles. The monoisotopic (exact) mass is 328 g/mol. The summed E-state index contributed by atoms with van der Waals surface area (Å²) < 4.78 is 0. The summed E-state index contributed by atoms with van der Waals surface area (Å²) in [6, 6.07) is 20.6. The fraction of sp³-hybridized carbons (Fsp3) is 0.182. The Kier molecular flexibility index (Phi) is 4.30. The molecule has 25 heavy (non-hydrogen) atoms. The number of aromatic nitrogens is 1. The lowest BCUT2D eigenvalue weighted by atomic mass is 10.0. The molecule has 1 aliphatic rings. The molecular formula is C22H20N2O. The first-order valence-electron chi connectivity index (χ1n) is 8.69. The molecule has 0 radical (unpaired) electrons. The van der Waals surface area contributed by atoms with E-state index in [1.807, 2.05) is 47.6 Å². The molecule has 0 aliphatic carbocycles. The maximum absolute atomic E-state index is 12.7. The summed E-state index contributed by atoms with van der Waals surface area (Å²) in [5.41, 5.74) is 5.87. The summed E-state index contributed by atoms with van der Waals surface area (Å²) in [7, 11) is 0. The number of pyridine rings is 1. The molecule has 2 aromatic carbocycles. The smallest absolute Gasteiger partial charge is 0.227 e. The molecule has 1 amide bonds. The van der Waals surface area contributed by atoms with Crippen LogP contribution in [0.2, 0.25) is 0 Å². The summed E-state index contributed by atoms with van der Waals surface area (Å²) in [4.78, 5) is 18.7. The van der Waals surface area contributed by atoms with Gasteiger partial charge in [-0.1, -0.05) is 36.4 Å². The number of hydrogen-bond acceptors (Lipinski definition) is 2. The Morgan fingerprint density at radius 2 is 1.76 bits per heavy atom. The van der Waals surface area contributed by atoms with Crippen molar-refractivity contribution < 1.29 is 4.79 Å². The Bertz CT molecular complexity index is 875. The summed E-state index contributed by atoms with van der Waals surface area (Å²) in [6.07, 6.45) is 5.88. The van der Waals surface area contributed by atoms with E-state index in [0.29, 0.717) is 6.42 Å². The van der Waals surface area contributed by atoms with Gasteiger partial charge in [-0.3, -0.25) is 9.78 Å². The first-order chi connectivity index (χ1) is 12.3. The van der Waals surface area contributed by atoms with Crippen molar-refractivity contribution in [3.05, 3.63) is 84.2 Å². The van der Waals surface area contributed by atoms with Crippen molar-refractivity contribution in [2.75, 3.05) is 11.4 Å². The van der Waals surface area contributed by atoms with Gasteiger partial charge in [0, 0.05) is 31.0 Å². The van der Waals surface area contributed by atoms with E-state index in [1.165, 1.54) is 16.7 Å². The summed E-state index contributed by atoms with van der Waals surface area (Å²) >= 11 is 0. The van der Waals surface area contributed by atoms with Gasteiger partial charge in [-0.2, -0.15) is 0 Å². The van der Waals surface area contributed by atoms with Gasteiger partial charge in [-0.15, -0.1) is 0 Å². The third-order valence-corrected chi connectivity index (χ3v) is 4.76. The summed E-state index contributed by atoms with van der Waals surface area (Å²) in [5, 5.41) is 0. The minimum absolute atomic E-state index is 0.208. The minimum atomic E-state index is 0.208. The Hall–Kier alpha value is -2.94. The number of carbonyl (C=O) groups is 1. The lowest BCUT2D eigenvalue weighted by Crippen LogP contribution is -2.29. The number of fused-ring (bicyclic) bond motifs is 1. The standard InChI is InChI=1S/C22H20N2O/c25-22(9-6-17-4-2-1-3-5-17)24-15-12-20-16-19(7-8-21(20)24)18-10-13-23-14-11-18/h1-5,7-8,10-11,13-14,16H,6,9,12,15H2. The van der Waals surface area contributed by atoms with E-state index in [4.69, 9.17) is 0 Å². The van der Waals surface area contributed by atoms with Crippen LogP contribution >= 0.6 is 0 Å². The number of aryl methyl sites for hydroxylation is 1. The average Bonchev–Trinajstić information content (AvgIpc) is 3.11. The highest BCUT2D eigenvalue weighted by Gasteiger charge is 2.24. The van der Waals surface area contributed by atoms with Gasteiger partial charge >= 0.3 is 0 Å². The Morgan fingerprint density at radius 1 is 0.960 bits per heavy atom. The van der Waals surface area contributed by atoms with E-state index in [2.05, 4.69) is 35.3 Å². The van der Waals surface area contributed by atoms with Crippen molar-refractivity contribution in [2.45, 2.75) is 19.3 Å². The fourth-order valence-corrected chi connectivity index (χ4v) is 3.42. The molecule has 1 aliphatic heterocycles. The fourth-order valence-electron chi connectivity index (χ4n) is 3.42. The second-order valence-corrected chi connectivity index (χ2v) is 6.36. The van der Waals surface area contributed by atoms with E-state index < -0.39 is 0 Å². The zero-order chi connectivity index (χ0) is 17.1. The molecule has 0 fully saturated rings. The van der Waals surface area contributed by atoms with Gasteiger partial charge in [-0.05, 0) is 59.4 Å². The molecule has 0 bridgehead atoms. The van der Waals surface area contributed by atoms with Crippen molar-refractivity contribution in [2.24, 2.45) is 0 Å². The Labute approximate surface area is 148 Å². The number of amides is 1. The van der Waals surface area contributed by atoms with Crippen LogP contribution in [0, 0.1) is 0 Å². The SMILES string of the molecule is O=C(CCc1ccccc1)N1CCc2cc(-c3ccncc3)ccc21. The van der Waals surface area contributed by atoms with E-state index in [1.54, 1.807) is 0 Å². The highest BCUT2D eigenvalue weighted by Crippen LogP contribution is 2.32. The van der Waals surface area contributed by atoms with Crippen LogP contribution in [-0.2, 0) is 17.6 Å². The maximum Gasteiger partial charge on any atom is 0.227 e. The summed E-state index contributed by atoms with van der Waals surface area (Å²) in [6.45, 7) is 0.781. The van der Waals surface area contributed by atoms with Crippen molar-refractivity contribution in [1.29, 1.82) is 0 Å². The molecule has 0 spiro atoms. The van der Waals surface area contributed by atoms with Crippen molar-refractivity contribution in [3.63, 3.8) is 0 Å². The van der Waals surface area contributed by atoms with E-state index in [9.17, 15) is 4.79 Å². The number of carbonyl (C=O) groups excluding carboxylic acids is 1. The lowest BCUT2D eigenvalue weighted by molar-refractivity contribution is -0.118. The number of benzene rings is 2. The van der Waals surface area contributed by atoms with Crippen molar-refractivity contribution in [1.82, 2.24) is 4.98 Å². The third-order valence-electron chi connectivity index (χ3n) is 4.76. The van der Waals surface area contributed by atoms with Gasteiger partial charge < -0.3 is 4.90 Å². The second-order valence-electron chi connectivity index (χ2n) is 6.36. The van der Waals surface area contributed by atoms with Crippen LogP contribution < -0.4 is 4.90 Å². The molecule has 0 saturated heterocycles. The molecule has 3 heteroatoms. The van der Waals surface area contributed by atoms with Crippen LogP contribution in [0.1, 0.15) is 17.5 Å². The molecule has 0 atom stereocenters. The first-order valence-corrected chi connectivity index (χ1v) is 8.69. The van der Waals surface area contributed by atoms with Crippen LogP contribution in [0.25, 0.3) is 11.1 Å². The van der Waals surface area contributed by atoms with Crippen LogP contribution in [0.5, 0.6) is 0 Å². The third kappa shape index (κ3) is 3.31. The number of nitrogens with zero attached hydrogens (tertiary/aromatic N) is 2. The normalized spacial score (nSPS) is 12.9. The molecule has 4 rings (SSSR count). The van der Waals surface area contributed by atoms with E-state index in [0.717, 1.165) is 30.6 Å². The van der Waals surface area contributed by atoms with E-state index in [-0.39, 0.29) is 5.91 Å². The topological polar surface area (TPSA) is 33.2 Å². The molecule has 0 unspecified atom stereocenters. The molecule has 3 nitrogen and oxygen atoms in total. The number of hydrogen-bond donors (Lipinski definition) is 0. The lowest BCUT2D eigenvalue weighted by Gasteiger charge is -2.17. The van der Waals surface area contributed by atoms with Gasteiger partial charge in [0.25, 0.3) is 0 Å². The summed E-state index contributed by atoms with van der Waals surface area (Å²) in [5.74, 6) is 0.208. The van der Waals surface area contributed by atoms with Crippen LogP contribution in [0.15, 0.2) is 73.1 Å². The van der Waals surface area contributed by atoms with Crippen LogP contribution in [0.4, 0.5) is 5.69 Å². The first kappa shape index (κ1) is 15.6. The van der Waals surface area contributed by atoms with Crippen LogP contribution in [0.3, 0.4) is 0 Å². The van der Waals surface area contributed by atoms with Gasteiger partial charge in [0.15, 0.2) is 0 Å². The average molecular weight is 328 g/mol. The van der Waals surface area contributed by atoms with Crippen molar-refractivity contribution >= 4 is 11.6 Å². The molecule has 0 N–H and O–H groups in total. The highest BCUT2D eigenvalue weighted by molar-refractivity contribution is 5.96. The number of anilines is 1. The van der Waals surface area contributed by atoms with Crippen LogP contribution in [-0.4, -0.2) is 17.4 Å². The van der Waals surface area contributed by atoms with E-state index >= 15 is 0 Å². The van der Waals surface area contributed by atoms with Gasteiger partial charge in [-0.25, -0.2) is 0 Å². The number of rotatable bonds is 4. The zero-order valence-corrected chi connectivity index (χ0v) is 14.1. The molecule has 0 saturated carbocycles. The molecule has 124 valence electrons. The second kappa shape index (κ2) is 6.89. The Balaban J connectivity index is 1.49. The molecule has 2 heterocycles. The molecule has 3 aromatic rings. The maximum atomic E-state index is 12.7. The minimum Gasteiger partial charge on any atom is -0.312 e. The highest BCUT2D eigenvalue weighted by atomic mass is 16.2. The predicted molar refractivity (Wildman–Crippen MR) is 100 cm³/mol. The quantitative estimate of drug-likeness (QED) is 0.716. The van der Waals surface area contributed by atoms with Gasteiger partial charge in [0.05, 0.1) is 0 Å². The molecular weight excluding hydrogens is 308 g/mol. The van der Waals surface area contributed by atoms with Gasteiger partial charge in [0.2, 0.25) is 5.91 Å². The van der Waals surface area contributed by atoms with Crippen molar-refractivity contribution in [3.8, 4) is 11.1 Å². The predicted octanol–water partition coefficient (Wildman–Crippen LogP) is 4.27. The Morgan fingerprint density at radius 3 is 2.56 bits per heavy atom. The largest absolute Gasteiger partial charge is 0.312 e.